The number of rotatable bonds is 2. The molecule has 21 heavy (non-hydrogen) atoms. The van der Waals surface area contributed by atoms with Crippen molar-refractivity contribution in [1.82, 2.24) is 4.98 Å². The number of pyridine rings is 1. The number of nitrogens with zero attached hydrogens (tertiary/aromatic N) is 1. The lowest BCUT2D eigenvalue weighted by atomic mass is 9.94. The van der Waals surface area contributed by atoms with Crippen LogP contribution in [0, 0.1) is 0 Å². The van der Waals surface area contributed by atoms with Crippen molar-refractivity contribution in [2.45, 2.75) is 25.3 Å². The summed E-state index contributed by atoms with van der Waals surface area (Å²) in [6.45, 7) is 0. The second kappa shape index (κ2) is 5.32. The molecule has 2 heterocycles. The lowest BCUT2D eigenvalue weighted by molar-refractivity contribution is 0.609. The van der Waals surface area contributed by atoms with Gasteiger partial charge in [0.05, 0.1) is 27.8 Å². The normalized spacial score (nSPS) is 17.7. The van der Waals surface area contributed by atoms with Crippen molar-refractivity contribution in [2.24, 2.45) is 0 Å². The zero-order valence-corrected chi connectivity index (χ0v) is 13.0. The Labute approximate surface area is 132 Å². The highest BCUT2D eigenvalue weighted by Gasteiger charge is 2.22. The molecule has 4 rings (SSSR count). The molecule has 0 saturated carbocycles. The Morgan fingerprint density at radius 1 is 1.24 bits per heavy atom. The third kappa shape index (κ3) is 2.52. The van der Waals surface area contributed by atoms with E-state index < -0.39 is 0 Å². The monoisotopic (exact) mass is 314 g/mol. The smallest absolute Gasteiger partial charge is 0.0934 e. The van der Waals surface area contributed by atoms with Crippen LogP contribution in [-0.2, 0) is 6.42 Å². The van der Waals surface area contributed by atoms with E-state index >= 15 is 0 Å². The Kier molecular flexibility index (Phi) is 3.32. The number of hydrogen-bond donors (Lipinski definition) is 1. The average Bonchev–Trinajstić information content (AvgIpc) is 2.89. The summed E-state index contributed by atoms with van der Waals surface area (Å²) in [4.78, 5) is 5.95. The van der Waals surface area contributed by atoms with Crippen molar-refractivity contribution in [3.05, 3.63) is 57.4 Å². The van der Waals surface area contributed by atoms with Gasteiger partial charge in [-0.2, -0.15) is 0 Å². The van der Waals surface area contributed by atoms with E-state index in [2.05, 4.69) is 28.5 Å². The van der Waals surface area contributed by atoms with Crippen LogP contribution in [-0.4, -0.2) is 4.98 Å². The summed E-state index contributed by atoms with van der Waals surface area (Å²) in [5.74, 6) is 0. The number of anilines is 1. The maximum Gasteiger partial charge on any atom is 0.0934 e. The first kappa shape index (κ1) is 13.1. The molecule has 0 radical (unpaired) electrons. The van der Waals surface area contributed by atoms with E-state index in [1.807, 2.05) is 24.4 Å². The van der Waals surface area contributed by atoms with E-state index in [0.717, 1.165) is 28.4 Å². The van der Waals surface area contributed by atoms with Gasteiger partial charge in [-0.25, -0.2) is 0 Å². The van der Waals surface area contributed by atoms with E-state index in [0.29, 0.717) is 6.04 Å². The van der Waals surface area contributed by atoms with Crippen LogP contribution >= 0.6 is 22.9 Å². The highest BCUT2D eigenvalue weighted by molar-refractivity contribution is 7.16. The number of aromatic nitrogens is 1. The molecule has 0 amide bonds. The zero-order chi connectivity index (χ0) is 14.2. The third-order valence-corrected chi connectivity index (χ3v) is 5.35. The molecule has 2 nitrogen and oxygen atoms in total. The predicted octanol–water partition coefficient (Wildman–Crippen LogP) is 5.44. The molecule has 0 spiro atoms. The van der Waals surface area contributed by atoms with E-state index in [4.69, 9.17) is 11.6 Å². The molecule has 1 N–H and O–H groups in total. The van der Waals surface area contributed by atoms with Gasteiger partial charge in [-0.1, -0.05) is 29.8 Å². The first-order chi connectivity index (χ1) is 10.3. The van der Waals surface area contributed by atoms with Gasteiger partial charge in [0.15, 0.2) is 0 Å². The molecule has 4 heteroatoms. The molecule has 1 aromatic carbocycles. The number of para-hydroxylation sites is 1. The SMILES string of the molecule is Clc1cc2c(s1)CCCC2Nc1cnc2ccccc2c1. The first-order valence-corrected chi connectivity index (χ1v) is 8.38. The second-order valence-electron chi connectivity index (χ2n) is 5.43. The van der Waals surface area contributed by atoms with Crippen LogP contribution in [0.5, 0.6) is 0 Å². The Balaban J connectivity index is 1.66. The molecule has 0 bridgehead atoms. The summed E-state index contributed by atoms with van der Waals surface area (Å²) in [6.07, 6.45) is 5.43. The van der Waals surface area contributed by atoms with E-state index in [1.54, 1.807) is 11.3 Å². The highest BCUT2D eigenvalue weighted by atomic mass is 35.5. The lowest BCUT2D eigenvalue weighted by Gasteiger charge is -2.24. The van der Waals surface area contributed by atoms with Crippen LogP contribution in [0.25, 0.3) is 10.9 Å². The molecule has 0 fully saturated rings. The summed E-state index contributed by atoms with van der Waals surface area (Å²) in [7, 11) is 0. The molecular formula is C17H15ClN2S. The summed E-state index contributed by atoms with van der Waals surface area (Å²) in [6, 6.07) is 12.8. The Bertz CT molecular complexity index is 796. The number of nitrogens with one attached hydrogen (secondary N) is 1. The van der Waals surface area contributed by atoms with Crippen LogP contribution in [0.1, 0.15) is 29.3 Å². The van der Waals surface area contributed by atoms with Gasteiger partial charge in [-0.15, -0.1) is 11.3 Å². The fourth-order valence-electron chi connectivity index (χ4n) is 3.02. The maximum atomic E-state index is 6.18. The number of thiophene rings is 1. The molecular weight excluding hydrogens is 300 g/mol. The van der Waals surface area contributed by atoms with E-state index in [9.17, 15) is 0 Å². The van der Waals surface area contributed by atoms with Crippen molar-refractivity contribution >= 4 is 39.5 Å². The van der Waals surface area contributed by atoms with Gasteiger partial charge in [0, 0.05) is 10.3 Å². The van der Waals surface area contributed by atoms with E-state index in [-0.39, 0.29) is 0 Å². The third-order valence-electron chi connectivity index (χ3n) is 4.02. The average molecular weight is 315 g/mol. The minimum Gasteiger partial charge on any atom is -0.377 e. The maximum absolute atomic E-state index is 6.18. The number of fused-ring (bicyclic) bond motifs is 2. The van der Waals surface area contributed by atoms with Crippen LogP contribution in [0.2, 0.25) is 4.34 Å². The van der Waals surface area contributed by atoms with Gasteiger partial charge in [0.2, 0.25) is 0 Å². The highest BCUT2D eigenvalue weighted by Crippen LogP contribution is 2.39. The first-order valence-electron chi connectivity index (χ1n) is 7.19. The minimum absolute atomic E-state index is 0.348. The zero-order valence-electron chi connectivity index (χ0n) is 11.5. The van der Waals surface area contributed by atoms with Crippen molar-refractivity contribution in [3.8, 4) is 0 Å². The summed E-state index contributed by atoms with van der Waals surface area (Å²) in [5.41, 5.74) is 3.48. The van der Waals surface area contributed by atoms with Gasteiger partial charge < -0.3 is 5.32 Å². The van der Waals surface area contributed by atoms with Gasteiger partial charge in [-0.3, -0.25) is 4.98 Å². The van der Waals surface area contributed by atoms with Crippen molar-refractivity contribution in [3.63, 3.8) is 0 Å². The Morgan fingerprint density at radius 3 is 3.10 bits per heavy atom. The summed E-state index contributed by atoms with van der Waals surface area (Å²) in [5, 5.41) is 4.80. The Morgan fingerprint density at radius 2 is 2.14 bits per heavy atom. The molecule has 1 unspecified atom stereocenters. The van der Waals surface area contributed by atoms with Crippen LogP contribution in [0.4, 0.5) is 5.69 Å². The number of halogens is 1. The lowest BCUT2D eigenvalue weighted by Crippen LogP contribution is -2.15. The second-order valence-corrected chi connectivity index (χ2v) is 7.20. The molecule has 3 aromatic rings. The molecule has 0 aliphatic heterocycles. The molecule has 1 atom stereocenters. The number of aryl methyl sites for hydroxylation is 1. The number of benzene rings is 1. The van der Waals surface area contributed by atoms with Crippen LogP contribution in [0.15, 0.2) is 42.6 Å². The fraction of sp³-hybridized carbons (Fsp3) is 0.235. The quantitative estimate of drug-likeness (QED) is 0.681. The van der Waals surface area contributed by atoms with Crippen molar-refractivity contribution in [2.75, 3.05) is 5.32 Å². The van der Waals surface area contributed by atoms with Crippen molar-refractivity contribution < 1.29 is 0 Å². The fourth-order valence-corrected chi connectivity index (χ4v) is 4.41. The van der Waals surface area contributed by atoms with Crippen LogP contribution < -0.4 is 5.32 Å². The minimum atomic E-state index is 0.348. The standard InChI is InChI=1S/C17H15ClN2S/c18-17-9-13-15(6-3-7-16(13)21-17)20-12-8-11-4-1-2-5-14(11)19-10-12/h1-2,4-5,8-10,15,20H,3,6-7H2. The van der Waals surface area contributed by atoms with Crippen molar-refractivity contribution in [1.29, 1.82) is 0 Å². The largest absolute Gasteiger partial charge is 0.377 e. The van der Waals surface area contributed by atoms with Gasteiger partial charge >= 0.3 is 0 Å². The Hall–Kier alpha value is -1.58. The predicted molar refractivity (Wildman–Crippen MR) is 90.4 cm³/mol. The summed E-state index contributed by atoms with van der Waals surface area (Å²) >= 11 is 7.89. The molecule has 106 valence electrons. The molecule has 1 aliphatic rings. The van der Waals surface area contributed by atoms with E-state index in [1.165, 1.54) is 22.2 Å². The van der Waals surface area contributed by atoms with Gasteiger partial charge in [0.1, 0.15) is 0 Å². The molecule has 0 saturated heterocycles. The van der Waals surface area contributed by atoms with Gasteiger partial charge in [-0.05, 0) is 43.0 Å². The van der Waals surface area contributed by atoms with Gasteiger partial charge in [0.25, 0.3) is 0 Å². The molecule has 1 aliphatic carbocycles. The van der Waals surface area contributed by atoms with Crippen LogP contribution in [0.3, 0.4) is 0 Å². The molecule has 2 aromatic heterocycles. The number of hydrogen-bond acceptors (Lipinski definition) is 3. The summed E-state index contributed by atoms with van der Waals surface area (Å²) < 4.78 is 0.894. The topological polar surface area (TPSA) is 24.9 Å².